The van der Waals surface area contributed by atoms with Crippen LogP contribution < -0.4 is 6.15 Å². The van der Waals surface area contributed by atoms with Crippen LogP contribution in [0.3, 0.4) is 0 Å². The van der Waals surface area contributed by atoms with Gasteiger partial charge in [0.15, 0.2) is 0 Å². The molecule has 0 radical (unpaired) electrons. The molecule has 1 rings (SSSR count). The fourth-order valence-corrected chi connectivity index (χ4v) is 0.354. The van der Waals surface area contributed by atoms with E-state index in [4.69, 9.17) is 4.74 Å². The molecule has 1 saturated heterocycles. The van der Waals surface area contributed by atoms with Crippen molar-refractivity contribution in [1.29, 1.82) is 0 Å². The minimum absolute atomic E-state index is 0. The van der Waals surface area contributed by atoms with Gasteiger partial charge < -0.3 is 10.9 Å². The smallest absolute Gasteiger partial charge is 0.0568 e. The lowest BCUT2D eigenvalue weighted by Crippen LogP contribution is -2.22. The molecule has 0 saturated carbocycles. The molecule has 1 atom stereocenters. The molecule has 0 bridgehead atoms. The van der Waals surface area contributed by atoms with E-state index in [1.165, 1.54) is 6.42 Å². The third kappa shape index (κ3) is 0.954. The molecule has 0 aliphatic carbocycles. The van der Waals surface area contributed by atoms with Crippen molar-refractivity contribution >= 4 is 0 Å². The fourth-order valence-electron chi connectivity index (χ4n) is 0.354. The molecule has 0 amide bonds. The molecule has 1 aliphatic heterocycles. The zero-order valence-electron chi connectivity index (χ0n) is 4.11. The van der Waals surface area contributed by atoms with Gasteiger partial charge in [0.1, 0.15) is 0 Å². The maximum absolute atomic E-state index is 4.93. The minimum atomic E-state index is 0. The third-order valence-corrected chi connectivity index (χ3v) is 0.927. The van der Waals surface area contributed by atoms with Crippen molar-refractivity contribution in [2.24, 2.45) is 0 Å². The Hall–Kier alpha value is -0.0800. The Kier molecular flexibility index (Phi) is 2.13. The Bertz CT molecular complexity index is 34.5. The summed E-state index contributed by atoms with van der Waals surface area (Å²) in [5.74, 6) is 0. The van der Waals surface area contributed by atoms with Crippen LogP contribution in [0.5, 0.6) is 0 Å². The van der Waals surface area contributed by atoms with Crippen molar-refractivity contribution in [3.63, 3.8) is 0 Å². The van der Waals surface area contributed by atoms with E-state index in [1.807, 2.05) is 0 Å². The molecular weight excluding hydrogens is 78.0 g/mol. The summed E-state index contributed by atoms with van der Waals surface area (Å²) < 4.78 is 4.93. The highest BCUT2D eigenvalue weighted by Crippen LogP contribution is 2.07. The normalized spacial score (nSPS) is 30.5. The SMILES string of the molecule is CC1CCO1.N. The van der Waals surface area contributed by atoms with E-state index in [-0.39, 0.29) is 6.15 Å². The van der Waals surface area contributed by atoms with Crippen LogP contribution >= 0.6 is 0 Å². The molecule has 3 N–H and O–H groups in total. The van der Waals surface area contributed by atoms with Gasteiger partial charge in [-0.15, -0.1) is 0 Å². The van der Waals surface area contributed by atoms with Gasteiger partial charge in [0, 0.05) is 6.61 Å². The van der Waals surface area contributed by atoms with Crippen LogP contribution in [0.15, 0.2) is 0 Å². The molecule has 1 fully saturated rings. The summed E-state index contributed by atoms with van der Waals surface area (Å²) in [7, 11) is 0. The Morgan fingerprint density at radius 3 is 2.00 bits per heavy atom. The van der Waals surface area contributed by atoms with Crippen LogP contribution in [0.2, 0.25) is 0 Å². The lowest BCUT2D eigenvalue weighted by Gasteiger charge is -2.20. The van der Waals surface area contributed by atoms with E-state index in [0.29, 0.717) is 6.10 Å². The van der Waals surface area contributed by atoms with Crippen LogP contribution in [-0.2, 0) is 4.74 Å². The van der Waals surface area contributed by atoms with Crippen molar-refractivity contribution in [3.05, 3.63) is 0 Å². The third-order valence-electron chi connectivity index (χ3n) is 0.927. The summed E-state index contributed by atoms with van der Waals surface area (Å²) in [5, 5.41) is 0. The predicted molar refractivity (Wildman–Crippen MR) is 25.1 cm³/mol. The van der Waals surface area contributed by atoms with Gasteiger partial charge in [-0.3, -0.25) is 0 Å². The Morgan fingerprint density at radius 1 is 1.67 bits per heavy atom. The molecule has 1 heterocycles. The molecular formula is C4H11NO. The Labute approximate surface area is 38.1 Å². The second-order valence-electron chi connectivity index (χ2n) is 1.47. The maximum Gasteiger partial charge on any atom is 0.0568 e. The van der Waals surface area contributed by atoms with Crippen LogP contribution in [0.4, 0.5) is 0 Å². The summed E-state index contributed by atoms with van der Waals surface area (Å²) in [6.45, 7) is 3.07. The molecule has 6 heavy (non-hydrogen) atoms. The van der Waals surface area contributed by atoms with Crippen LogP contribution in [0, 0.1) is 0 Å². The van der Waals surface area contributed by atoms with Gasteiger partial charge in [0.05, 0.1) is 6.10 Å². The van der Waals surface area contributed by atoms with Gasteiger partial charge in [0.25, 0.3) is 0 Å². The quantitative estimate of drug-likeness (QED) is 0.480. The first-order valence-electron chi connectivity index (χ1n) is 2.01. The van der Waals surface area contributed by atoms with Crippen LogP contribution in [0.1, 0.15) is 13.3 Å². The lowest BCUT2D eigenvalue weighted by atomic mass is 10.2. The molecule has 0 aromatic carbocycles. The average Bonchev–Trinajstić information content (AvgIpc) is 1.30. The first-order chi connectivity index (χ1) is 2.39. The zero-order valence-corrected chi connectivity index (χ0v) is 4.11. The first kappa shape index (κ1) is 5.92. The van der Waals surface area contributed by atoms with Gasteiger partial charge in [-0.1, -0.05) is 0 Å². The van der Waals surface area contributed by atoms with Gasteiger partial charge in [0.2, 0.25) is 0 Å². The number of rotatable bonds is 0. The van der Waals surface area contributed by atoms with E-state index >= 15 is 0 Å². The van der Waals surface area contributed by atoms with Gasteiger partial charge >= 0.3 is 0 Å². The Balaban J connectivity index is 0.000000250. The lowest BCUT2D eigenvalue weighted by molar-refractivity contribution is -0.0375. The summed E-state index contributed by atoms with van der Waals surface area (Å²) in [6, 6.07) is 0. The van der Waals surface area contributed by atoms with Crippen molar-refractivity contribution in [1.82, 2.24) is 6.15 Å². The highest BCUT2D eigenvalue weighted by Gasteiger charge is 2.09. The molecule has 38 valence electrons. The minimum Gasteiger partial charge on any atom is -0.378 e. The van der Waals surface area contributed by atoms with Crippen molar-refractivity contribution in [2.45, 2.75) is 19.4 Å². The number of hydrogen-bond acceptors (Lipinski definition) is 2. The topological polar surface area (TPSA) is 44.2 Å². The van der Waals surface area contributed by atoms with E-state index in [9.17, 15) is 0 Å². The highest BCUT2D eigenvalue weighted by molar-refractivity contribution is 4.57. The van der Waals surface area contributed by atoms with E-state index in [1.54, 1.807) is 0 Å². The van der Waals surface area contributed by atoms with Crippen molar-refractivity contribution < 1.29 is 4.74 Å². The predicted octanol–water partition coefficient (Wildman–Crippen LogP) is 0.957. The standard InChI is InChI=1S/C4H8O.H3N/c1-4-2-3-5-4;/h4H,2-3H2,1H3;1H3. The van der Waals surface area contributed by atoms with Crippen LogP contribution in [0.25, 0.3) is 0 Å². The monoisotopic (exact) mass is 89.1 g/mol. The molecule has 1 unspecified atom stereocenters. The second kappa shape index (κ2) is 2.16. The molecule has 0 aromatic rings. The van der Waals surface area contributed by atoms with E-state index in [2.05, 4.69) is 6.92 Å². The first-order valence-corrected chi connectivity index (χ1v) is 2.01. The number of hydrogen-bond donors (Lipinski definition) is 1. The van der Waals surface area contributed by atoms with Gasteiger partial charge in [-0.05, 0) is 13.3 Å². The molecule has 2 nitrogen and oxygen atoms in total. The second-order valence-corrected chi connectivity index (χ2v) is 1.47. The summed E-state index contributed by atoms with van der Waals surface area (Å²) in [4.78, 5) is 0. The molecule has 2 heteroatoms. The molecule has 1 aliphatic rings. The van der Waals surface area contributed by atoms with E-state index < -0.39 is 0 Å². The summed E-state index contributed by atoms with van der Waals surface area (Å²) in [6.07, 6.45) is 1.83. The number of ether oxygens (including phenoxy) is 1. The average molecular weight is 89.1 g/mol. The van der Waals surface area contributed by atoms with E-state index in [0.717, 1.165) is 6.61 Å². The van der Waals surface area contributed by atoms with Crippen LogP contribution in [-0.4, -0.2) is 12.7 Å². The highest BCUT2D eigenvalue weighted by atomic mass is 16.5. The fraction of sp³-hybridized carbons (Fsp3) is 1.00. The largest absolute Gasteiger partial charge is 0.378 e. The maximum atomic E-state index is 4.93. The zero-order chi connectivity index (χ0) is 3.70. The van der Waals surface area contributed by atoms with Gasteiger partial charge in [-0.2, -0.15) is 0 Å². The summed E-state index contributed by atoms with van der Waals surface area (Å²) >= 11 is 0. The molecule has 0 aromatic heterocycles. The summed E-state index contributed by atoms with van der Waals surface area (Å²) in [5.41, 5.74) is 0. The van der Waals surface area contributed by atoms with Crippen molar-refractivity contribution in [2.75, 3.05) is 6.61 Å². The molecule has 0 spiro atoms. The van der Waals surface area contributed by atoms with Gasteiger partial charge in [-0.25, -0.2) is 0 Å². The van der Waals surface area contributed by atoms with Crippen molar-refractivity contribution in [3.8, 4) is 0 Å². The Morgan fingerprint density at radius 2 is 2.00 bits per heavy atom.